The Bertz CT molecular complexity index is 766. The smallest absolute Gasteiger partial charge is 0.159 e. The summed E-state index contributed by atoms with van der Waals surface area (Å²) in [5.74, 6) is -1.69. The molecule has 0 fully saturated rings. The Hall–Kier alpha value is -2.42. The van der Waals surface area contributed by atoms with Gasteiger partial charge >= 0.3 is 0 Å². The van der Waals surface area contributed by atoms with Crippen molar-refractivity contribution in [1.29, 1.82) is 0 Å². The van der Waals surface area contributed by atoms with Crippen molar-refractivity contribution in [3.8, 4) is 11.1 Å². The maximum absolute atomic E-state index is 13.3. The minimum absolute atomic E-state index is 0.634. The monoisotopic (exact) mass is 255 g/mol. The minimum atomic E-state index is -0.849. The Labute approximate surface area is 109 Å². The summed E-state index contributed by atoms with van der Waals surface area (Å²) in [5.41, 5.74) is 8.06. The van der Waals surface area contributed by atoms with Crippen LogP contribution in [0.2, 0.25) is 0 Å². The molecule has 0 unspecified atom stereocenters. The number of benzene rings is 3. The summed E-state index contributed by atoms with van der Waals surface area (Å²) in [6.07, 6.45) is 0. The molecular formula is C16H11F2N. The molecule has 19 heavy (non-hydrogen) atoms. The first-order chi connectivity index (χ1) is 9.16. The van der Waals surface area contributed by atoms with Gasteiger partial charge in [0.1, 0.15) is 0 Å². The van der Waals surface area contributed by atoms with Gasteiger partial charge in [-0.3, -0.25) is 0 Å². The fourth-order valence-corrected chi connectivity index (χ4v) is 2.25. The van der Waals surface area contributed by atoms with Crippen LogP contribution >= 0.6 is 0 Å². The zero-order valence-corrected chi connectivity index (χ0v) is 10.0. The zero-order valence-electron chi connectivity index (χ0n) is 10.0. The summed E-state index contributed by atoms with van der Waals surface area (Å²) in [5, 5.41) is 1.83. The predicted molar refractivity (Wildman–Crippen MR) is 73.7 cm³/mol. The van der Waals surface area contributed by atoms with E-state index in [0.717, 1.165) is 22.4 Å². The van der Waals surface area contributed by atoms with E-state index in [1.54, 1.807) is 6.07 Å². The molecule has 0 saturated heterocycles. The van der Waals surface area contributed by atoms with Crippen molar-refractivity contribution >= 4 is 16.5 Å². The lowest BCUT2D eigenvalue weighted by atomic mass is 9.97. The number of fused-ring (bicyclic) bond motifs is 1. The number of halogens is 2. The van der Waals surface area contributed by atoms with Gasteiger partial charge in [-0.2, -0.15) is 0 Å². The second-order valence-electron chi connectivity index (χ2n) is 4.38. The maximum Gasteiger partial charge on any atom is 0.159 e. The van der Waals surface area contributed by atoms with Gasteiger partial charge in [0.25, 0.3) is 0 Å². The fraction of sp³-hybridized carbons (Fsp3) is 0. The van der Waals surface area contributed by atoms with Gasteiger partial charge in [0.15, 0.2) is 11.6 Å². The fourth-order valence-electron chi connectivity index (χ4n) is 2.25. The molecule has 3 aromatic rings. The molecule has 0 aliphatic carbocycles. The van der Waals surface area contributed by atoms with E-state index in [0.29, 0.717) is 11.3 Å². The third-order valence-corrected chi connectivity index (χ3v) is 3.19. The third kappa shape index (κ3) is 1.93. The summed E-state index contributed by atoms with van der Waals surface area (Å²) in [4.78, 5) is 0. The predicted octanol–water partition coefficient (Wildman–Crippen LogP) is 4.37. The Morgan fingerprint density at radius 2 is 1.47 bits per heavy atom. The van der Waals surface area contributed by atoms with Crippen LogP contribution in [-0.4, -0.2) is 0 Å². The molecular weight excluding hydrogens is 244 g/mol. The van der Waals surface area contributed by atoms with Gasteiger partial charge in [-0.05, 0) is 34.7 Å². The topological polar surface area (TPSA) is 26.0 Å². The van der Waals surface area contributed by atoms with E-state index in [1.807, 2.05) is 36.4 Å². The molecule has 0 saturated carbocycles. The summed E-state index contributed by atoms with van der Waals surface area (Å²) >= 11 is 0. The van der Waals surface area contributed by atoms with Crippen molar-refractivity contribution in [2.24, 2.45) is 0 Å². The molecule has 2 N–H and O–H groups in total. The molecule has 0 spiro atoms. The molecule has 0 bridgehead atoms. The highest BCUT2D eigenvalue weighted by atomic mass is 19.2. The zero-order chi connectivity index (χ0) is 13.4. The largest absolute Gasteiger partial charge is 0.398 e. The highest BCUT2D eigenvalue weighted by molar-refractivity contribution is 6.02. The number of rotatable bonds is 1. The van der Waals surface area contributed by atoms with Crippen LogP contribution in [0.4, 0.5) is 14.5 Å². The van der Waals surface area contributed by atoms with Gasteiger partial charge in [-0.1, -0.05) is 36.4 Å². The van der Waals surface area contributed by atoms with Crippen LogP contribution in [0.15, 0.2) is 54.6 Å². The molecule has 0 atom stereocenters. The van der Waals surface area contributed by atoms with Crippen LogP contribution < -0.4 is 5.73 Å². The molecule has 0 heterocycles. The van der Waals surface area contributed by atoms with Gasteiger partial charge in [-0.25, -0.2) is 8.78 Å². The van der Waals surface area contributed by atoms with Crippen LogP contribution in [-0.2, 0) is 0 Å². The molecule has 94 valence electrons. The van der Waals surface area contributed by atoms with Gasteiger partial charge in [0.05, 0.1) is 0 Å². The Morgan fingerprint density at radius 3 is 2.26 bits per heavy atom. The van der Waals surface area contributed by atoms with Crippen molar-refractivity contribution < 1.29 is 8.78 Å². The Morgan fingerprint density at radius 1 is 0.737 bits per heavy atom. The second kappa shape index (κ2) is 4.35. The normalized spacial score (nSPS) is 10.8. The van der Waals surface area contributed by atoms with Crippen LogP contribution in [0.3, 0.4) is 0 Å². The van der Waals surface area contributed by atoms with Gasteiger partial charge in [0, 0.05) is 11.1 Å². The first kappa shape index (κ1) is 11.7. The van der Waals surface area contributed by atoms with Crippen LogP contribution in [0.25, 0.3) is 21.9 Å². The molecule has 0 amide bonds. The summed E-state index contributed by atoms with van der Waals surface area (Å²) in [6, 6.07) is 15.1. The first-order valence-corrected chi connectivity index (χ1v) is 5.89. The summed E-state index contributed by atoms with van der Waals surface area (Å²) in [7, 11) is 0. The van der Waals surface area contributed by atoms with Crippen LogP contribution in [0.5, 0.6) is 0 Å². The molecule has 0 aromatic heterocycles. The van der Waals surface area contributed by atoms with Crippen LogP contribution in [0, 0.1) is 11.6 Å². The molecule has 0 aliphatic rings. The Kier molecular flexibility index (Phi) is 2.67. The lowest BCUT2D eigenvalue weighted by molar-refractivity contribution is 0.509. The lowest BCUT2D eigenvalue weighted by Gasteiger charge is -2.09. The molecule has 0 radical (unpaired) electrons. The summed E-state index contributed by atoms with van der Waals surface area (Å²) < 4.78 is 26.3. The Balaban J connectivity index is 2.30. The standard InChI is InChI=1S/C16H11F2N/c17-14-8-7-10(9-15(14)18)11-3-1-5-13-12(11)4-2-6-16(13)19/h1-9H,19H2. The number of nitrogen functional groups attached to an aromatic ring is 1. The average molecular weight is 255 g/mol. The first-order valence-electron chi connectivity index (χ1n) is 5.89. The van der Waals surface area contributed by atoms with Crippen molar-refractivity contribution in [3.05, 3.63) is 66.2 Å². The molecule has 3 heteroatoms. The van der Waals surface area contributed by atoms with E-state index in [1.165, 1.54) is 6.07 Å². The second-order valence-corrected chi connectivity index (χ2v) is 4.38. The van der Waals surface area contributed by atoms with Gasteiger partial charge in [0.2, 0.25) is 0 Å². The van der Waals surface area contributed by atoms with E-state index in [4.69, 9.17) is 5.73 Å². The lowest BCUT2D eigenvalue weighted by Crippen LogP contribution is -1.89. The minimum Gasteiger partial charge on any atom is -0.398 e. The maximum atomic E-state index is 13.3. The molecule has 0 aliphatic heterocycles. The van der Waals surface area contributed by atoms with E-state index >= 15 is 0 Å². The van der Waals surface area contributed by atoms with E-state index in [-0.39, 0.29) is 0 Å². The van der Waals surface area contributed by atoms with Crippen molar-refractivity contribution in [2.45, 2.75) is 0 Å². The highest BCUT2D eigenvalue weighted by Gasteiger charge is 2.08. The van der Waals surface area contributed by atoms with Crippen molar-refractivity contribution in [1.82, 2.24) is 0 Å². The number of hydrogen-bond acceptors (Lipinski definition) is 1. The highest BCUT2D eigenvalue weighted by Crippen LogP contribution is 2.31. The van der Waals surface area contributed by atoms with Crippen molar-refractivity contribution in [3.63, 3.8) is 0 Å². The quantitative estimate of drug-likeness (QED) is 0.642. The van der Waals surface area contributed by atoms with Gasteiger partial charge in [-0.15, -0.1) is 0 Å². The average Bonchev–Trinajstić information content (AvgIpc) is 2.42. The number of anilines is 1. The number of nitrogens with two attached hydrogens (primary N) is 1. The SMILES string of the molecule is Nc1cccc2c(-c3ccc(F)c(F)c3)cccc12. The summed E-state index contributed by atoms with van der Waals surface area (Å²) in [6.45, 7) is 0. The van der Waals surface area contributed by atoms with E-state index in [2.05, 4.69) is 0 Å². The van der Waals surface area contributed by atoms with E-state index in [9.17, 15) is 8.78 Å². The van der Waals surface area contributed by atoms with Gasteiger partial charge < -0.3 is 5.73 Å². The molecule has 3 aromatic carbocycles. The van der Waals surface area contributed by atoms with E-state index < -0.39 is 11.6 Å². The van der Waals surface area contributed by atoms with Crippen molar-refractivity contribution in [2.75, 3.05) is 5.73 Å². The van der Waals surface area contributed by atoms with Crippen LogP contribution in [0.1, 0.15) is 0 Å². The third-order valence-electron chi connectivity index (χ3n) is 3.19. The molecule has 3 rings (SSSR count). The number of hydrogen-bond donors (Lipinski definition) is 1. The molecule has 1 nitrogen and oxygen atoms in total.